The predicted octanol–water partition coefficient (Wildman–Crippen LogP) is 2.85. The molecule has 1 atom stereocenters. The fraction of sp³-hybridized carbons (Fsp3) is 0.182. The second-order valence-corrected chi connectivity index (χ2v) is 7.02. The van der Waals surface area contributed by atoms with Crippen LogP contribution in [0.25, 0.3) is 11.3 Å². The normalized spacial score (nSPS) is 18.4. The third-order valence-electron chi connectivity index (χ3n) is 4.91. The third kappa shape index (κ3) is 3.67. The molecule has 2 aromatic carbocycles. The molecule has 0 radical (unpaired) electrons. The monoisotopic (exact) mass is 405 g/mol. The van der Waals surface area contributed by atoms with Crippen molar-refractivity contribution >= 4 is 17.9 Å². The first kappa shape index (κ1) is 19.4. The lowest BCUT2D eigenvalue weighted by atomic mass is 9.92. The number of nitrogens with one attached hydrogen (secondary N) is 1. The van der Waals surface area contributed by atoms with Crippen molar-refractivity contribution in [3.8, 4) is 11.3 Å². The highest BCUT2D eigenvalue weighted by Gasteiger charge is 2.49. The van der Waals surface area contributed by atoms with E-state index < -0.39 is 30.0 Å². The van der Waals surface area contributed by atoms with Gasteiger partial charge in [-0.05, 0) is 12.5 Å². The summed E-state index contributed by atoms with van der Waals surface area (Å²) in [5, 5.41) is 6.53. The topological polar surface area (TPSA) is 102 Å². The molecule has 0 bridgehead atoms. The van der Waals surface area contributed by atoms with Gasteiger partial charge in [0.05, 0.1) is 0 Å². The maximum Gasteiger partial charge on any atom is 0.326 e. The molecule has 3 amide bonds. The molecule has 1 aliphatic heterocycles. The molecular formula is C22H19N3O5. The maximum atomic E-state index is 12.8. The van der Waals surface area contributed by atoms with E-state index >= 15 is 0 Å². The summed E-state index contributed by atoms with van der Waals surface area (Å²) in [7, 11) is 0. The second kappa shape index (κ2) is 7.82. The van der Waals surface area contributed by atoms with Gasteiger partial charge in [-0.1, -0.05) is 65.8 Å². The van der Waals surface area contributed by atoms with E-state index in [0.29, 0.717) is 17.0 Å². The number of ether oxygens (including phenoxy) is 1. The highest BCUT2D eigenvalue weighted by molar-refractivity contribution is 6.08. The van der Waals surface area contributed by atoms with Crippen LogP contribution in [0.1, 0.15) is 18.2 Å². The first-order chi connectivity index (χ1) is 14.5. The first-order valence-electron chi connectivity index (χ1n) is 9.33. The number of benzene rings is 2. The van der Waals surface area contributed by atoms with Crippen LogP contribution in [-0.2, 0) is 26.5 Å². The highest BCUT2D eigenvalue weighted by Crippen LogP contribution is 2.28. The quantitative estimate of drug-likeness (QED) is 0.500. The van der Waals surface area contributed by atoms with E-state index in [2.05, 4.69) is 10.5 Å². The van der Waals surface area contributed by atoms with Crippen LogP contribution in [0.15, 0.2) is 71.3 Å². The fourth-order valence-electron chi connectivity index (χ4n) is 3.26. The van der Waals surface area contributed by atoms with E-state index in [0.717, 1.165) is 10.5 Å². The molecule has 152 valence electrons. The lowest BCUT2D eigenvalue weighted by Gasteiger charge is -2.21. The number of amides is 3. The number of carbonyl (C=O) groups excluding carboxylic acids is 3. The number of hydrogen-bond donors (Lipinski definition) is 1. The minimum atomic E-state index is -1.23. The number of aromatic nitrogens is 1. The third-order valence-corrected chi connectivity index (χ3v) is 4.91. The van der Waals surface area contributed by atoms with Gasteiger partial charge in [0.25, 0.3) is 5.91 Å². The first-order valence-corrected chi connectivity index (χ1v) is 9.33. The zero-order valence-electron chi connectivity index (χ0n) is 16.2. The Hall–Kier alpha value is -3.94. The second-order valence-electron chi connectivity index (χ2n) is 7.02. The summed E-state index contributed by atoms with van der Waals surface area (Å²) in [6.07, 6.45) is 0. The Labute approximate surface area is 172 Å². The molecule has 8 nitrogen and oxygen atoms in total. The number of carbonyl (C=O) groups is 3. The van der Waals surface area contributed by atoms with Gasteiger partial charge in [0.15, 0.2) is 5.76 Å². The molecule has 0 aliphatic carbocycles. The zero-order valence-corrected chi connectivity index (χ0v) is 16.2. The summed E-state index contributed by atoms with van der Waals surface area (Å²) in [6.45, 7) is 0.986. The van der Waals surface area contributed by atoms with Crippen LogP contribution in [0.3, 0.4) is 0 Å². The average molecular weight is 405 g/mol. The van der Waals surface area contributed by atoms with Crippen molar-refractivity contribution in [2.75, 3.05) is 6.54 Å². The number of urea groups is 1. The molecule has 1 aromatic heterocycles. The van der Waals surface area contributed by atoms with Gasteiger partial charge in [0.1, 0.15) is 24.4 Å². The van der Waals surface area contributed by atoms with E-state index in [1.165, 1.54) is 0 Å². The van der Waals surface area contributed by atoms with Crippen molar-refractivity contribution in [2.24, 2.45) is 0 Å². The summed E-state index contributed by atoms with van der Waals surface area (Å²) in [5.74, 6) is -0.683. The molecule has 1 N–H and O–H groups in total. The highest BCUT2D eigenvalue weighted by atomic mass is 16.5. The van der Waals surface area contributed by atoms with E-state index in [1.54, 1.807) is 37.3 Å². The van der Waals surface area contributed by atoms with Crippen LogP contribution in [0, 0.1) is 0 Å². The van der Waals surface area contributed by atoms with Crippen molar-refractivity contribution < 1.29 is 23.6 Å². The largest absolute Gasteiger partial charge is 0.458 e. The van der Waals surface area contributed by atoms with Crippen LogP contribution in [0.2, 0.25) is 0 Å². The Balaban J connectivity index is 1.37. The van der Waals surface area contributed by atoms with Crippen LogP contribution in [0.5, 0.6) is 0 Å². The smallest absolute Gasteiger partial charge is 0.326 e. The van der Waals surface area contributed by atoms with Gasteiger partial charge >= 0.3 is 12.0 Å². The number of nitrogens with zero attached hydrogens (tertiary/aromatic N) is 2. The molecular weight excluding hydrogens is 386 g/mol. The molecule has 0 unspecified atom stereocenters. The Morgan fingerprint density at radius 3 is 2.47 bits per heavy atom. The lowest BCUT2D eigenvalue weighted by Crippen LogP contribution is -2.41. The van der Waals surface area contributed by atoms with Crippen molar-refractivity contribution in [1.82, 2.24) is 15.4 Å². The maximum absolute atomic E-state index is 12.8. The summed E-state index contributed by atoms with van der Waals surface area (Å²) in [4.78, 5) is 38.2. The predicted molar refractivity (Wildman–Crippen MR) is 106 cm³/mol. The Bertz CT molecular complexity index is 1080. The molecule has 1 aliphatic rings. The molecule has 0 saturated carbocycles. The van der Waals surface area contributed by atoms with Gasteiger partial charge < -0.3 is 14.6 Å². The van der Waals surface area contributed by atoms with Crippen molar-refractivity contribution in [1.29, 1.82) is 0 Å². The van der Waals surface area contributed by atoms with Gasteiger partial charge in [0.2, 0.25) is 0 Å². The Kier molecular flexibility index (Phi) is 5.05. The molecule has 3 aromatic rings. The molecule has 2 heterocycles. The number of esters is 1. The molecule has 30 heavy (non-hydrogen) atoms. The van der Waals surface area contributed by atoms with E-state index in [9.17, 15) is 14.4 Å². The number of hydrogen-bond acceptors (Lipinski definition) is 6. The summed E-state index contributed by atoms with van der Waals surface area (Å²) >= 11 is 0. The standard InChI is InChI=1S/C22H19N3O5/c1-22(16-10-6-3-7-11-16)20(27)25(21(28)23-22)13-19(26)29-14-17-12-18(30-24-17)15-8-4-2-5-9-15/h2-12H,13-14H2,1H3,(H,23,28)/t22-/m0/s1. The van der Waals surface area contributed by atoms with Crippen molar-refractivity contribution in [3.05, 3.63) is 78.0 Å². The molecule has 8 heteroatoms. The van der Waals surface area contributed by atoms with Gasteiger partial charge in [-0.15, -0.1) is 0 Å². The molecule has 4 rings (SSSR count). The molecule has 1 fully saturated rings. The Morgan fingerprint density at radius 1 is 1.10 bits per heavy atom. The van der Waals surface area contributed by atoms with Crippen LogP contribution in [-0.4, -0.2) is 34.5 Å². The Morgan fingerprint density at radius 2 is 1.77 bits per heavy atom. The number of rotatable bonds is 6. The van der Waals surface area contributed by atoms with E-state index in [1.807, 2.05) is 36.4 Å². The van der Waals surface area contributed by atoms with Gasteiger partial charge in [0, 0.05) is 11.6 Å². The van der Waals surface area contributed by atoms with Crippen LogP contribution < -0.4 is 5.32 Å². The van der Waals surface area contributed by atoms with Crippen LogP contribution in [0.4, 0.5) is 4.79 Å². The summed E-state index contributed by atoms with van der Waals surface area (Å²) in [6, 6.07) is 19.3. The number of imide groups is 1. The summed E-state index contributed by atoms with van der Waals surface area (Å²) < 4.78 is 10.4. The zero-order chi connectivity index (χ0) is 21.1. The van der Waals surface area contributed by atoms with Gasteiger partial charge in [-0.2, -0.15) is 0 Å². The van der Waals surface area contributed by atoms with Gasteiger partial charge in [-0.3, -0.25) is 14.5 Å². The van der Waals surface area contributed by atoms with E-state index in [-0.39, 0.29) is 6.61 Å². The summed E-state index contributed by atoms with van der Waals surface area (Å²) in [5.41, 5.74) is 0.681. The minimum Gasteiger partial charge on any atom is -0.458 e. The van der Waals surface area contributed by atoms with Gasteiger partial charge in [-0.25, -0.2) is 4.79 Å². The lowest BCUT2D eigenvalue weighted by molar-refractivity contribution is -0.149. The molecule has 0 spiro atoms. The average Bonchev–Trinajstić information content (AvgIpc) is 3.33. The van der Waals surface area contributed by atoms with Crippen molar-refractivity contribution in [2.45, 2.75) is 19.1 Å². The minimum absolute atomic E-state index is 0.130. The van der Waals surface area contributed by atoms with Crippen LogP contribution >= 0.6 is 0 Å². The van der Waals surface area contributed by atoms with E-state index in [4.69, 9.17) is 9.26 Å². The van der Waals surface area contributed by atoms with Crippen molar-refractivity contribution in [3.63, 3.8) is 0 Å². The fourth-order valence-corrected chi connectivity index (χ4v) is 3.26. The SMILES string of the molecule is C[C@@]1(c2ccccc2)NC(=O)N(CC(=O)OCc2cc(-c3ccccc3)on2)C1=O. The molecule has 1 saturated heterocycles.